The largest absolute Gasteiger partial charge is 0.507 e. The van der Waals surface area contributed by atoms with E-state index in [4.69, 9.17) is 4.52 Å². The van der Waals surface area contributed by atoms with Crippen molar-refractivity contribution in [1.29, 1.82) is 0 Å². The van der Waals surface area contributed by atoms with E-state index < -0.39 is 8.69 Å². The zero-order valence-electron chi connectivity index (χ0n) is 14.6. The van der Waals surface area contributed by atoms with E-state index in [1.54, 1.807) is 0 Å². The molecule has 1 aromatic carbocycles. The van der Waals surface area contributed by atoms with Crippen LogP contribution in [0.25, 0.3) is 0 Å². The fraction of sp³-hybridized carbons (Fsp3) is 0.647. The van der Waals surface area contributed by atoms with Gasteiger partial charge in [0, 0.05) is 16.5 Å². The van der Waals surface area contributed by atoms with Crippen molar-refractivity contribution in [3.8, 4) is 5.75 Å². The molecule has 0 radical (unpaired) electrons. The van der Waals surface area contributed by atoms with Gasteiger partial charge in [-0.1, -0.05) is 48.5 Å². The molecule has 0 saturated carbocycles. The van der Waals surface area contributed by atoms with Crippen LogP contribution in [-0.2, 0) is 36.4 Å². The third-order valence-electron chi connectivity index (χ3n) is 3.71. The standard InChI is InChI=1S/C17H29O3P.Ni/c1-8-14(20-21-19)11-9-12(16(2,3)4)15(18)13(10-11)17(5,6)7;/h9-10,14,18H,8,21H2,1-7H3;. The monoisotopic (exact) mass is 370 g/mol. The van der Waals surface area contributed by atoms with Gasteiger partial charge in [-0.25, -0.2) is 0 Å². The minimum atomic E-state index is -1.24. The van der Waals surface area contributed by atoms with Crippen LogP contribution in [-0.4, -0.2) is 5.11 Å². The van der Waals surface area contributed by atoms with E-state index >= 15 is 0 Å². The molecular formula is C17H29NiO3P. The molecule has 0 bridgehead atoms. The van der Waals surface area contributed by atoms with Gasteiger partial charge in [-0.3, -0.25) is 4.57 Å². The Balaban J connectivity index is 0.00000441. The normalized spacial score (nSPS) is 14.1. The Hall–Kier alpha value is -0.296. The van der Waals surface area contributed by atoms with Gasteiger partial charge in [0.05, 0.1) is 6.10 Å². The zero-order chi connectivity index (χ0) is 16.4. The van der Waals surface area contributed by atoms with Crippen LogP contribution < -0.4 is 0 Å². The van der Waals surface area contributed by atoms with Gasteiger partial charge in [-0.2, -0.15) is 0 Å². The third-order valence-corrected chi connectivity index (χ3v) is 4.15. The Morgan fingerprint density at radius 3 is 1.77 bits per heavy atom. The van der Waals surface area contributed by atoms with Crippen molar-refractivity contribution < 1.29 is 30.7 Å². The summed E-state index contributed by atoms with van der Waals surface area (Å²) in [5, 5.41) is 10.7. The number of hydrogen-bond acceptors (Lipinski definition) is 3. The first-order valence-electron chi connectivity index (χ1n) is 7.49. The fourth-order valence-corrected chi connectivity index (χ4v) is 2.95. The van der Waals surface area contributed by atoms with Gasteiger partial charge in [0.15, 0.2) is 8.69 Å². The SMILES string of the molecule is CCC(O[PH2]=O)c1cc(C(C)(C)C)c(O)c(C(C)(C)C)c1.[Ni]. The summed E-state index contributed by atoms with van der Waals surface area (Å²) in [4.78, 5) is 0. The Bertz CT molecular complexity index is 481. The fourth-order valence-electron chi connectivity index (χ4n) is 2.46. The van der Waals surface area contributed by atoms with E-state index in [1.165, 1.54) is 0 Å². The molecule has 0 aliphatic heterocycles. The number of phenols is 1. The molecule has 2 atom stereocenters. The minimum absolute atomic E-state index is 0. The zero-order valence-corrected chi connectivity index (χ0v) is 16.7. The first-order valence-corrected chi connectivity index (χ1v) is 8.43. The summed E-state index contributed by atoms with van der Waals surface area (Å²) in [5.74, 6) is 0.364. The maximum Gasteiger partial charge on any atom is 0.180 e. The van der Waals surface area contributed by atoms with Gasteiger partial charge in [0.25, 0.3) is 0 Å². The smallest absolute Gasteiger partial charge is 0.180 e. The maximum absolute atomic E-state index is 10.9. The summed E-state index contributed by atoms with van der Waals surface area (Å²) in [6, 6.07) is 3.99. The van der Waals surface area contributed by atoms with Crippen molar-refractivity contribution in [2.45, 2.75) is 71.8 Å². The molecule has 3 nitrogen and oxygen atoms in total. The molecule has 0 aliphatic carbocycles. The van der Waals surface area contributed by atoms with Crippen LogP contribution in [0.1, 0.15) is 77.7 Å². The average Bonchev–Trinajstić information content (AvgIpc) is 2.33. The van der Waals surface area contributed by atoms with E-state index in [0.29, 0.717) is 5.75 Å². The first kappa shape index (κ1) is 21.7. The quantitative estimate of drug-likeness (QED) is 0.590. The second-order valence-corrected chi connectivity index (χ2v) is 8.06. The molecule has 130 valence electrons. The van der Waals surface area contributed by atoms with Crippen LogP contribution in [0, 0.1) is 0 Å². The average molecular weight is 371 g/mol. The van der Waals surface area contributed by atoms with E-state index in [0.717, 1.165) is 23.1 Å². The molecule has 5 heteroatoms. The van der Waals surface area contributed by atoms with Gasteiger partial charge in [-0.15, -0.1) is 0 Å². The van der Waals surface area contributed by atoms with Crippen molar-refractivity contribution >= 4 is 8.69 Å². The maximum atomic E-state index is 10.9. The molecule has 1 aromatic rings. The van der Waals surface area contributed by atoms with Gasteiger partial charge >= 0.3 is 0 Å². The number of benzene rings is 1. The first-order chi connectivity index (χ1) is 9.52. The summed E-state index contributed by atoms with van der Waals surface area (Å²) in [6.45, 7) is 14.5. The van der Waals surface area contributed by atoms with E-state index in [9.17, 15) is 9.67 Å². The molecule has 22 heavy (non-hydrogen) atoms. The molecule has 0 heterocycles. The van der Waals surface area contributed by atoms with Crippen LogP contribution in [0.15, 0.2) is 12.1 Å². The number of rotatable bonds is 4. The van der Waals surface area contributed by atoms with Crippen LogP contribution >= 0.6 is 8.69 Å². The molecule has 1 rings (SSSR count). The molecule has 0 amide bonds. The Labute approximate surface area is 146 Å². The minimum Gasteiger partial charge on any atom is -0.507 e. The molecule has 0 aromatic heterocycles. The van der Waals surface area contributed by atoms with E-state index in [2.05, 4.69) is 41.5 Å². The predicted molar refractivity (Wildman–Crippen MR) is 90.0 cm³/mol. The molecule has 1 N–H and O–H groups in total. The van der Waals surface area contributed by atoms with E-state index in [1.807, 2.05) is 19.1 Å². The summed E-state index contributed by atoms with van der Waals surface area (Å²) < 4.78 is 16.3. The van der Waals surface area contributed by atoms with E-state index in [-0.39, 0.29) is 33.4 Å². The van der Waals surface area contributed by atoms with Crippen LogP contribution in [0.3, 0.4) is 0 Å². The van der Waals surface area contributed by atoms with Crippen LogP contribution in [0.5, 0.6) is 5.75 Å². The summed E-state index contributed by atoms with van der Waals surface area (Å²) >= 11 is 0. The summed E-state index contributed by atoms with van der Waals surface area (Å²) in [7, 11) is -1.24. The Morgan fingerprint density at radius 1 is 1.09 bits per heavy atom. The second kappa shape index (κ2) is 8.00. The molecular weight excluding hydrogens is 342 g/mol. The second-order valence-electron chi connectivity index (χ2n) is 7.59. The molecule has 0 spiro atoms. The van der Waals surface area contributed by atoms with Gasteiger partial charge in [0.2, 0.25) is 0 Å². The number of phenolic OH excluding ortho intramolecular Hbond substituents is 1. The van der Waals surface area contributed by atoms with Crippen molar-refractivity contribution in [1.82, 2.24) is 0 Å². The number of hydrogen-bond donors (Lipinski definition) is 1. The van der Waals surface area contributed by atoms with Crippen molar-refractivity contribution in [2.24, 2.45) is 0 Å². The molecule has 2 unspecified atom stereocenters. The van der Waals surface area contributed by atoms with Crippen molar-refractivity contribution in [3.63, 3.8) is 0 Å². The topological polar surface area (TPSA) is 46.5 Å². The Morgan fingerprint density at radius 2 is 1.50 bits per heavy atom. The van der Waals surface area contributed by atoms with Gasteiger partial charge in [0.1, 0.15) is 5.75 Å². The molecule has 0 saturated heterocycles. The third kappa shape index (κ3) is 5.12. The summed E-state index contributed by atoms with van der Waals surface area (Å²) in [5.41, 5.74) is 2.49. The van der Waals surface area contributed by atoms with Crippen molar-refractivity contribution in [2.75, 3.05) is 0 Å². The van der Waals surface area contributed by atoms with Crippen molar-refractivity contribution in [3.05, 3.63) is 28.8 Å². The van der Waals surface area contributed by atoms with Gasteiger partial charge in [-0.05, 0) is 46.1 Å². The van der Waals surface area contributed by atoms with Crippen LogP contribution in [0.2, 0.25) is 0 Å². The predicted octanol–water partition coefficient (Wildman–Crippen LogP) is 5.12. The van der Waals surface area contributed by atoms with Crippen LogP contribution in [0.4, 0.5) is 0 Å². The molecule has 0 fully saturated rings. The number of aromatic hydroxyl groups is 1. The molecule has 0 aliphatic rings. The Kier molecular flexibility index (Phi) is 7.89. The van der Waals surface area contributed by atoms with Gasteiger partial charge < -0.3 is 9.63 Å². The summed E-state index contributed by atoms with van der Waals surface area (Å²) in [6.07, 6.45) is 0.577.